The molecule has 0 radical (unpaired) electrons. The summed E-state index contributed by atoms with van der Waals surface area (Å²) in [5.74, 6) is 1.13. The minimum atomic E-state index is -0.206. The molecule has 142 valence electrons. The molecule has 0 spiro atoms. The molecule has 0 aliphatic heterocycles. The lowest BCUT2D eigenvalue weighted by atomic mass is 9.90. The van der Waals surface area contributed by atoms with Crippen LogP contribution < -0.4 is 4.74 Å². The lowest BCUT2D eigenvalue weighted by molar-refractivity contribution is -0.139. The Hall–Kier alpha value is -2.03. The highest BCUT2D eigenvalue weighted by atomic mass is 16.5. The molecule has 26 heavy (non-hydrogen) atoms. The van der Waals surface area contributed by atoms with Gasteiger partial charge in [0.05, 0.1) is 13.7 Å². The molecule has 0 N–H and O–H groups in total. The van der Waals surface area contributed by atoms with Crippen LogP contribution in [0, 0.1) is 5.92 Å². The topological polar surface area (TPSA) is 35.5 Å². The largest absolute Gasteiger partial charge is 0.497 e. The number of allylic oxidation sites excluding steroid dienone is 3. The van der Waals surface area contributed by atoms with Crippen molar-refractivity contribution in [2.24, 2.45) is 5.92 Å². The maximum Gasteiger partial charge on any atom is 0.331 e. The predicted molar refractivity (Wildman–Crippen MR) is 107 cm³/mol. The summed E-state index contributed by atoms with van der Waals surface area (Å²) in [6.45, 7) is 4.89. The first kappa shape index (κ1) is 20.3. The van der Waals surface area contributed by atoms with Crippen LogP contribution in [-0.4, -0.2) is 19.7 Å². The number of ether oxygens (including phenoxy) is 2. The minimum absolute atomic E-state index is 0.206. The third-order valence-electron chi connectivity index (χ3n) is 5.04. The summed E-state index contributed by atoms with van der Waals surface area (Å²) in [7, 11) is 1.67. The van der Waals surface area contributed by atoms with Crippen LogP contribution in [0.25, 0.3) is 5.57 Å². The first-order chi connectivity index (χ1) is 12.7. The molecule has 0 heterocycles. The van der Waals surface area contributed by atoms with Crippen LogP contribution in [0.2, 0.25) is 0 Å². The molecule has 0 amide bonds. The molecule has 0 bridgehead atoms. The summed E-state index contributed by atoms with van der Waals surface area (Å²) in [4.78, 5) is 12.2. The molecule has 3 nitrogen and oxygen atoms in total. The van der Waals surface area contributed by atoms with E-state index in [9.17, 15) is 4.79 Å². The fourth-order valence-electron chi connectivity index (χ4n) is 3.29. The SMILES string of the molecule is CCCCC(CC)COC(=O)/C=C1/C=C(c2ccc(OC)cc2)CCC1. The van der Waals surface area contributed by atoms with E-state index in [4.69, 9.17) is 9.47 Å². The van der Waals surface area contributed by atoms with E-state index in [1.165, 1.54) is 24.0 Å². The van der Waals surface area contributed by atoms with Gasteiger partial charge in [0.15, 0.2) is 0 Å². The van der Waals surface area contributed by atoms with Crippen LogP contribution in [0.4, 0.5) is 0 Å². The van der Waals surface area contributed by atoms with Crippen LogP contribution in [0.15, 0.2) is 42.0 Å². The van der Waals surface area contributed by atoms with Crippen molar-refractivity contribution in [3.63, 3.8) is 0 Å². The summed E-state index contributed by atoms with van der Waals surface area (Å²) >= 11 is 0. The number of rotatable bonds is 9. The van der Waals surface area contributed by atoms with Gasteiger partial charge in [0, 0.05) is 6.08 Å². The second kappa shape index (κ2) is 10.8. The van der Waals surface area contributed by atoms with Crippen molar-refractivity contribution in [1.29, 1.82) is 0 Å². The molecule has 3 heteroatoms. The molecule has 0 saturated carbocycles. The van der Waals surface area contributed by atoms with Gasteiger partial charge in [0.25, 0.3) is 0 Å². The zero-order chi connectivity index (χ0) is 18.8. The predicted octanol–water partition coefficient (Wildman–Crippen LogP) is 5.95. The molecule has 1 atom stereocenters. The standard InChI is InChI=1S/C23H32O3/c1-4-6-8-18(5-2)17-26-23(24)16-19-9-7-10-21(15-19)20-11-13-22(25-3)14-12-20/h11-16,18H,4-10,17H2,1-3H3/b19-16+. The quantitative estimate of drug-likeness (QED) is 0.405. The van der Waals surface area contributed by atoms with E-state index in [-0.39, 0.29) is 5.97 Å². The summed E-state index contributed by atoms with van der Waals surface area (Å²) in [5, 5.41) is 0. The Morgan fingerprint density at radius 2 is 1.96 bits per heavy atom. The van der Waals surface area contributed by atoms with E-state index in [1.54, 1.807) is 13.2 Å². The lowest BCUT2D eigenvalue weighted by Crippen LogP contribution is -2.13. The average molecular weight is 357 g/mol. The number of hydrogen-bond acceptors (Lipinski definition) is 3. The Bertz CT molecular complexity index is 625. The molecule has 0 aromatic heterocycles. The molecule has 1 unspecified atom stereocenters. The first-order valence-corrected chi connectivity index (χ1v) is 9.88. The normalized spacial score (nSPS) is 16.9. The Kier molecular flexibility index (Phi) is 8.46. The molecule has 2 rings (SSSR count). The molecular formula is C23H32O3. The number of hydrogen-bond donors (Lipinski definition) is 0. The number of unbranched alkanes of at least 4 members (excludes halogenated alkanes) is 1. The summed E-state index contributed by atoms with van der Waals surface area (Å²) in [5.41, 5.74) is 3.52. The van der Waals surface area contributed by atoms with E-state index in [0.717, 1.165) is 43.4 Å². The summed E-state index contributed by atoms with van der Waals surface area (Å²) < 4.78 is 10.7. The molecule has 1 aromatic rings. The van der Waals surface area contributed by atoms with Crippen molar-refractivity contribution in [2.75, 3.05) is 13.7 Å². The third-order valence-corrected chi connectivity index (χ3v) is 5.04. The molecule has 0 saturated heterocycles. The van der Waals surface area contributed by atoms with Gasteiger partial charge in [-0.1, -0.05) is 51.3 Å². The smallest absolute Gasteiger partial charge is 0.331 e. The van der Waals surface area contributed by atoms with E-state index >= 15 is 0 Å². The zero-order valence-corrected chi connectivity index (χ0v) is 16.4. The van der Waals surface area contributed by atoms with Crippen LogP contribution in [0.1, 0.15) is 64.4 Å². The van der Waals surface area contributed by atoms with E-state index < -0.39 is 0 Å². The number of carbonyl (C=O) groups excluding carboxylic acids is 1. The molecule has 1 aliphatic rings. The highest BCUT2D eigenvalue weighted by molar-refractivity contribution is 5.84. The van der Waals surface area contributed by atoms with E-state index in [0.29, 0.717) is 12.5 Å². The maximum atomic E-state index is 12.2. The number of benzene rings is 1. The van der Waals surface area contributed by atoms with Crippen LogP contribution in [-0.2, 0) is 9.53 Å². The van der Waals surface area contributed by atoms with Crippen molar-refractivity contribution in [3.8, 4) is 5.75 Å². The maximum absolute atomic E-state index is 12.2. The van der Waals surface area contributed by atoms with Gasteiger partial charge in [0.2, 0.25) is 0 Å². The highest BCUT2D eigenvalue weighted by Gasteiger charge is 2.13. The van der Waals surface area contributed by atoms with Gasteiger partial charge in [-0.25, -0.2) is 4.79 Å². The second-order valence-electron chi connectivity index (χ2n) is 7.02. The van der Waals surface area contributed by atoms with Gasteiger partial charge in [-0.15, -0.1) is 0 Å². The average Bonchev–Trinajstić information content (AvgIpc) is 2.68. The van der Waals surface area contributed by atoms with Crippen molar-refractivity contribution in [1.82, 2.24) is 0 Å². The van der Waals surface area contributed by atoms with Crippen molar-refractivity contribution in [2.45, 2.75) is 58.8 Å². The Morgan fingerprint density at radius 3 is 2.62 bits per heavy atom. The molecule has 0 fully saturated rings. The number of methoxy groups -OCH3 is 1. The van der Waals surface area contributed by atoms with Gasteiger partial charge in [-0.05, 0) is 60.4 Å². The van der Waals surface area contributed by atoms with Gasteiger partial charge in [-0.2, -0.15) is 0 Å². The summed E-state index contributed by atoms with van der Waals surface area (Å²) in [6, 6.07) is 8.10. The fraction of sp³-hybridized carbons (Fsp3) is 0.522. The van der Waals surface area contributed by atoms with Crippen LogP contribution >= 0.6 is 0 Å². The van der Waals surface area contributed by atoms with Gasteiger partial charge < -0.3 is 9.47 Å². The Morgan fingerprint density at radius 1 is 1.19 bits per heavy atom. The van der Waals surface area contributed by atoms with Crippen molar-refractivity contribution in [3.05, 3.63) is 47.6 Å². The Balaban J connectivity index is 1.96. The Labute approximate surface area is 158 Å². The van der Waals surface area contributed by atoms with Gasteiger partial charge in [0.1, 0.15) is 5.75 Å². The van der Waals surface area contributed by atoms with E-state index in [2.05, 4.69) is 32.1 Å². The second-order valence-corrected chi connectivity index (χ2v) is 7.02. The number of carbonyl (C=O) groups is 1. The summed E-state index contributed by atoms with van der Waals surface area (Å²) in [6.07, 6.45) is 11.4. The third kappa shape index (κ3) is 6.36. The van der Waals surface area contributed by atoms with Gasteiger partial charge in [-0.3, -0.25) is 0 Å². The highest BCUT2D eigenvalue weighted by Crippen LogP contribution is 2.30. The van der Waals surface area contributed by atoms with E-state index in [1.807, 2.05) is 12.1 Å². The molecule has 1 aliphatic carbocycles. The van der Waals surface area contributed by atoms with Crippen LogP contribution in [0.3, 0.4) is 0 Å². The van der Waals surface area contributed by atoms with Crippen molar-refractivity contribution >= 4 is 11.5 Å². The monoisotopic (exact) mass is 356 g/mol. The number of esters is 1. The molecule has 1 aromatic carbocycles. The van der Waals surface area contributed by atoms with Gasteiger partial charge >= 0.3 is 5.97 Å². The zero-order valence-electron chi connectivity index (χ0n) is 16.4. The lowest BCUT2D eigenvalue weighted by Gasteiger charge is -2.17. The van der Waals surface area contributed by atoms with Crippen LogP contribution in [0.5, 0.6) is 5.75 Å². The fourth-order valence-corrected chi connectivity index (χ4v) is 3.29. The first-order valence-electron chi connectivity index (χ1n) is 9.88. The minimum Gasteiger partial charge on any atom is -0.497 e. The molecular weight excluding hydrogens is 324 g/mol. The van der Waals surface area contributed by atoms with Crippen molar-refractivity contribution < 1.29 is 14.3 Å².